The van der Waals surface area contributed by atoms with Crippen LogP contribution >= 0.6 is 0 Å². The molecular weight excluding hydrogens is 698 g/mol. The summed E-state index contributed by atoms with van der Waals surface area (Å²) in [7, 11) is 0. The largest absolute Gasteiger partial charge is 1.00 e. The minimum atomic E-state index is -2.37. The third-order valence-corrected chi connectivity index (χ3v) is 34.8. The average Bonchev–Trinajstić information content (AvgIpc) is 3.52. The summed E-state index contributed by atoms with van der Waals surface area (Å²) in [5.41, 5.74) is 11.1. The minimum absolute atomic E-state index is 0. The number of rotatable bonds is 7. The van der Waals surface area contributed by atoms with Gasteiger partial charge in [0.1, 0.15) is 0 Å². The standard InChI is InChI=1S/2C14H15.C7H8Si.2ClH.Hf/c2*1-3-12-7-9-13(10-8-12)14-6-4-5-11(14)2;1-8-7-5-3-2-4-6-7;;;/h2*6-10H,3-4H2,1-2H3;2-6H,1H3;2*1H;/q;;;;;+2/p-2. The predicted octanol–water partition coefficient (Wildman–Crippen LogP) is 2.79. The Hall–Kier alpha value is -1.71. The maximum absolute atomic E-state index is 2.63. The third kappa shape index (κ3) is 6.62. The zero-order chi connectivity index (χ0) is 25.9. The number of benzene rings is 3. The number of hydrogen-bond donors (Lipinski definition) is 0. The van der Waals surface area contributed by atoms with Gasteiger partial charge in [-0.05, 0) is 0 Å². The number of halogens is 2. The second kappa shape index (κ2) is 14.3. The Morgan fingerprint density at radius 3 is 1.41 bits per heavy atom. The van der Waals surface area contributed by atoms with Gasteiger partial charge in [0.25, 0.3) is 0 Å². The van der Waals surface area contributed by atoms with E-state index in [-0.39, 0.29) is 24.8 Å². The molecule has 200 valence electrons. The molecule has 0 saturated heterocycles. The topological polar surface area (TPSA) is 0 Å². The summed E-state index contributed by atoms with van der Waals surface area (Å²) in [6, 6.07) is 30.1. The third-order valence-electron chi connectivity index (χ3n) is 8.27. The molecule has 0 amide bonds. The number of aryl methyl sites for hydroxylation is 2. The van der Waals surface area contributed by atoms with Gasteiger partial charge in [-0.25, -0.2) is 0 Å². The van der Waals surface area contributed by atoms with Crippen molar-refractivity contribution in [1.82, 2.24) is 0 Å². The molecule has 0 aromatic heterocycles. The number of hydrogen-bond acceptors (Lipinski definition) is 0. The van der Waals surface area contributed by atoms with Crippen LogP contribution < -0.4 is 30.0 Å². The zero-order valence-corrected chi connectivity index (χ0v) is 29.8. The quantitative estimate of drug-likeness (QED) is 0.328. The van der Waals surface area contributed by atoms with Gasteiger partial charge in [0, 0.05) is 0 Å². The summed E-state index contributed by atoms with van der Waals surface area (Å²) in [6.07, 6.45) is 9.59. The monoisotopic (exact) mass is 736 g/mol. The van der Waals surface area contributed by atoms with Crippen LogP contribution in [0.3, 0.4) is 0 Å². The summed E-state index contributed by atoms with van der Waals surface area (Å²) < 4.78 is 3.70. The first-order valence-corrected chi connectivity index (χ1v) is 24.8. The van der Waals surface area contributed by atoms with Crippen molar-refractivity contribution in [2.45, 2.75) is 59.9 Å². The maximum Gasteiger partial charge on any atom is -1.00 e. The molecule has 0 spiro atoms. The summed E-state index contributed by atoms with van der Waals surface area (Å²) in [5.74, 6) is 0. The van der Waals surface area contributed by atoms with E-state index in [1.165, 1.54) is 33.4 Å². The van der Waals surface area contributed by atoms with Crippen LogP contribution in [0.1, 0.15) is 62.8 Å². The summed E-state index contributed by atoms with van der Waals surface area (Å²) >= 11 is -2.37. The smallest absolute Gasteiger partial charge is 1.00 e. The Kier molecular flexibility index (Phi) is 11.6. The Labute approximate surface area is 255 Å². The van der Waals surface area contributed by atoms with Crippen LogP contribution in [-0.4, -0.2) is 5.49 Å². The van der Waals surface area contributed by atoms with E-state index in [0.29, 0.717) is 0 Å². The molecule has 3 aromatic carbocycles. The van der Waals surface area contributed by atoms with Crippen molar-refractivity contribution in [3.63, 3.8) is 0 Å². The fourth-order valence-corrected chi connectivity index (χ4v) is 34.4. The molecule has 0 aliphatic heterocycles. The van der Waals surface area contributed by atoms with Crippen LogP contribution in [-0.2, 0) is 32.9 Å². The zero-order valence-electron chi connectivity index (χ0n) is 23.7. The molecule has 0 bridgehead atoms. The predicted molar refractivity (Wildman–Crippen MR) is 160 cm³/mol. The molecule has 0 heterocycles. The molecule has 0 radical (unpaired) electrons. The van der Waals surface area contributed by atoms with Crippen LogP contribution in [0.4, 0.5) is 0 Å². The van der Waals surface area contributed by atoms with Gasteiger partial charge in [-0.2, -0.15) is 0 Å². The van der Waals surface area contributed by atoms with Gasteiger partial charge >= 0.3 is 233 Å². The van der Waals surface area contributed by atoms with Crippen molar-refractivity contribution < 1.29 is 44.9 Å². The van der Waals surface area contributed by atoms with E-state index in [0.717, 1.165) is 25.7 Å². The van der Waals surface area contributed by atoms with Gasteiger partial charge in [0.2, 0.25) is 0 Å². The van der Waals surface area contributed by atoms with Crippen LogP contribution in [0.2, 0.25) is 6.55 Å². The molecule has 0 unspecified atom stereocenters. The van der Waals surface area contributed by atoms with Gasteiger partial charge in [-0.15, -0.1) is 0 Å². The molecule has 0 N–H and O–H groups in total. The van der Waals surface area contributed by atoms with Gasteiger partial charge in [-0.1, -0.05) is 0 Å². The normalized spacial score (nSPS) is 14.3. The Balaban J connectivity index is 0.00000210. The van der Waals surface area contributed by atoms with Crippen molar-refractivity contribution in [2.75, 3.05) is 0 Å². The SMILES string of the molecule is CCc1ccc(C2=CC[C]([Hf+2]([C]3=C(C)C(c4ccc(CC)cc4)=CC3)=[Si](C)c3ccccc3)=C2C)cc1.[Cl-].[Cl-]. The molecule has 2 aliphatic rings. The van der Waals surface area contributed by atoms with Crippen molar-refractivity contribution in [2.24, 2.45) is 0 Å². The van der Waals surface area contributed by atoms with Crippen molar-refractivity contribution in [1.29, 1.82) is 0 Å². The Morgan fingerprint density at radius 1 is 0.615 bits per heavy atom. The van der Waals surface area contributed by atoms with Crippen LogP contribution in [0.15, 0.2) is 109 Å². The minimum Gasteiger partial charge on any atom is -1.00 e. The molecule has 0 fully saturated rings. The Morgan fingerprint density at radius 2 is 1.03 bits per heavy atom. The fourth-order valence-electron chi connectivity index (χ4n) is 5.90. The first-order chi connectivity index (χ1) is 18.0. The maximum atomic E-state index is 2.63. The summed E-state index contributed by atoms with van der Waals surface area (Å²) in [5, 5.41) is 1.62. The molecule has 2 aliphatic carbocycles. The molecule has 4 heteroatoms. The van der Waals surface area contributed by atoms with Crippen LogP contribution in [0, 0.1) is 0 Å². The van der Waals surface area contributed by atoms with E-state index in [2.05, 4.69) is 125 Å². The van der Waals surface area contributed by atoms with Crippen molar-refractivity contribution in [3.8, 4) is 0 Å². The summed E-state index contributed by atoms with van der Waals surface area (Å²) in [6.45, 7) is 12.0. The van der Waals surface area contributed by atoms with Crippen LogP contribution in [0.25, 0.3) is 11.1 Å². The van der Waals surface area contributed by atoms with Crippen molar-refractivity contribution in [3.05, 3.63) is 131 Å². The molecule has 0 nitrogen and oxygen atoms in total. The van der Waals surface area contributed by atoms with E-state index >= 15 is 0 Å². The van der Waals surface area contributed by atoms with E-state index in [9.17, 15) is 0 Å². The molecule has 3 aromatic rings. The average molecular weight is 736 g/mol. The van der Waals surface area contributed by atoms with Gasteiger partial charge in [0.05, 0.1) is 0 Å². The number of allylic oxidation sites excluding steroid dienone is 8. The molecule has 39 heavy (non-hydrogen) atoms. The van der Waals surface area contributed by atoms with Crippen molar-refractivity contribution >= 4 is 21.8 Å². The van der Waals surface area contributed by atoms with E-state index in [4.69, 9.17) is 0 Å². The first-order valence-electron chi connectivity index (χ1n) is 13.8. The first kappa shape index (κ1) is 31.8. The van der Waals surface area contributed by atoms with Gasteiger partial charge in [0.15, 0.2) is 0 Å². The van der Waals surface area contributed by atoms with Gasteiger partial charge in [-0.3, -0.25) is 0 Å². The fraction of sp³-hybridized carbons (Fsp3) is 0.257. The second-order valence-electron chi connectivity index (χ2n) is 10.3. The van der Waals surface area contributed by atoms with E-state index < -0.39 is 25.6 Å². The van der Waals surface area contributed by atoms with Crippen LogP contribution in [0.5, 0.6) is 0 Å². The molecule has 0 atom stereocenters. The Bertz CT molecular complexity index is 1380. The molecule has 5 rings (SSSR count). The summed E-state index contributed by atoms with van der Waals surface area (Å²) in [4.78, 5) is 0. The van der Waals surface area contributed by atoms with E-state index in [1.54, 1.807) is 16.3 Å². The van der Waals surface area contributed by atoms with E-state index in [1.807, 2.05) is 6.66 Å². The molecular formula is C35H38Cl2HfSi. The molecule has 0 saturated carbocycles. The second-order valence-corrected chi connectivity index (χ2v) is 31.4. The van der Waals surface area contributed by atoms with Gasteiger partial charge < -0.3 is 24.8 Å².